The number of benzene rings is 2. The maximum atomic E-state index is 12.8. The number of carbonyl (C=O) groups excluding carboxylic acids is 2. The minimum Gasteiger partial charge on any atom is -0.490 e. The van der Waals surface area contributed by atoms with Crippen LogP contribution < -0.4 is 9.47 Å². The van der Waals surface area contributed by atoms with E-state index in [9.17, 15) is 19.7 Å². The third-order valence-electron chi connectivity index (χ3n) is 4.25. The van der Waals surface area contributed by atoms with Gasteiger partial charge in [-0.2, -0.15) is 0 Å². The molecule has 3 rings (SSSR count). The third-order valence-corrected chi connectivity index (χ3v) is 5.44. The molecule has 0 bridgehead atoms. The summed E-state index contributed by atoms with van der Waals surface area (Å²) < 4.78 is 11.1. The zero-order valence-electron chi connectivity index (χ0n) is 16.8. The molecule has 1 saturated heterocycles. The standard InChI is InChI=1S/C21H19ClN2O6S/c1-3-29-17-10-14(9-16(22)19(17)30-4-2)11-18-20(25)23(21(26)31-18)12-13-6-5-7-15(8-13)24(27)28/h5-11H,3-4,12H2,1-2H3. The van der Waals surface area contributed by atoms with Crippen LogP contribution in [0.4, 0.5) is 10.5 Å². The Morgan fingerprint density at radius 3 is 2.58 bits per heavy atom. The maximum absolute atomic E-state index is 12.8. The number of rotatable bonds is 8. The average molecular weight is 463 g/mol. The van der Waals surface area contributed by atoms with Gasteiger partial charge in [-0.05, 0) is 54.9 Å². The number of ether oxygens (including phenoxy) is 2. The zero-order valence-corrected chi connectivity index (χ0v) is 18.4. The molecule has 8 nitrogen and oxygen atoms in total. The minimum atomic E-state index is -0.525. The summed E-state index contributed by atoms with van der Waals surface area (Å²) in [5, 5.41) is 10.8. The van der Waals surface area contributed by atoms with E-state index in [1.165, 1.54) is 18.2 Å². The molecule has 0 unspecified atom stereocenters. The Kier molecular flexibility index (Phi) is 7.19. The van der Waals surface area contributed by atoms with Crippen molar-refractivity contribution >= 4 is 46.3 Å². The fourth-order valence-electron chi connectivity index (χ4n) is 2.96. The van der Waals surface area contributed by atoms with Crippen LogP contribution in [0.25, 0.3) is 6.08 Å². The Morgan fingerprint density at radius 2 is 1.90 bits per heavy atom. The van der Waals surface area contributed by atoms with Gasteiger partial charge in [0.2, 0.25) is 0 Å². The number of nitrogens with zero attached hydrogens (tertiary/aromatic N) is 2. The van der Waals surface area contributed by atoms with Gasteiger partial charge in [0.25, 0.3) is 16.8 Å². The lowest BCUT2D eigenvalue weighted by Crippen LogP contribution is -2.27. The van der Waals surface area contributed by atoms with Crippen LogP contribution in [0.1, 0.15) is 25.0 Å². The largest absolute Gasteiger partial charge is 0.490 e. The van der Waals surface area contributed by atoms with E-state index >= 15 is 0 Å². The number of hydrogen-bond acceptors (Lipinski definition) is 7. The highest BCUT2D eigenvalue weighted by Crippen LogP contribution is 2.39. The second-order valence-corrected chi connectivity index (χ2v) is 7.79. The van der Waals surface area contributed by atoms with Crippen molar-refractivity contribution in [2.75, 3.05) is 13.2 Å². The average Bonchev–Trinajstić information content (AvgIpc) is 2.98. The third kappa shape index (κ3) is 5.18. The number of nitro groups is 1. The van der Waals surface area contributed by atoms with Crippen molar-refractivity contribution in [3.05, 3.63) is 67.6 Å². The Hall–Kier alpha value is -3.04. The van der Waals surface area contributed by atoms with Crippen molar-refractivity contribution < 1.29 is 24.0 Å². The Bertz CT molecular complexity index is 1070. The number of nitro benzene ring substituents is 1. The highest BCUT2D eigenvalue weighted by atomic mass is 35.5. The number of hydrogen-bond donors (Lipinski definition) is 0. The molecule has 0 aromatic heterocycles. The molecule has 2 amide bonds. The van der Waals surface area contributed by atoms with Crippen LogP contribution >= 0.6 is 23.4 Å². The molecule has 0 N–H and O–H groups in total. The maximum Gasteiger partial charge on any atom is 0.293 e. The molecule has 1 heterocycles. The van der Waals surface area contributed by atoms with Gasteiger partial charge >= 0.3 is 0 Å². The summed E-state index contributed by atoms with van der Waals surface area (Å²) in [6.07, 6.45) is 1.56. The van der Waals surface area contributed by atoms with Gasteiger partial charge in [0, 0.05) is 12.1 Å². The molecule has 31 heavy (non-hydrogen) atoms. The van der Waals surface area contributed by atoms with Gasteiger partial charge in [-0.1, -0.05) is 23.7 Å². The summed E-state index contributed by atoms with van der Waals surface area (Å²) in [6, 6.07) is 9.15. The fourth-order valence-corrected chi connectivity index (χ4v) is 4.07. The van der Waals surface area contributed by atoms with Gasteiger partial charge in [0.05, 0.1) is 34.6 Å². The summed E-state index contributed by atoms with van der Waals surface area (Å²) in [4.78, 5) is 36.9. The van der Waals surface area contributed by atoms with Crippen LogP contribution in [-0.2, 0) is 11.3 Å². The minimum absolute atomic E-state index is 0.0576. The Morgan fingerprint density at radius 1 is 1.16 bits per heavy atom. The van der Waals surface area contributed by atoms with Crippen LogP contribution in [0.5, 0.6) is 11.5 Å². The van der Waals surface area contributed by atoms with Crippen LogP contribution in [0.2, 0.25) is 5.02 Å². The predicted octanol–water partition coefficient (Wildman–Crippen LogP) is 5.28. The number of halogens is 1. The molecule has 1 fully saturated rings. The van der Waals surface area contributed by atoms with Crippen molar-refractivity contribution in [1.82, 2.24) is 4.90 Å². The Labute approximate surface area is 187 Å². The van der Waals surface area contributed by atoms with Gasteiger partial charge in [-0.3, -0.25) is 24.6 Å². The number of carbonyl (C=O) groups is 2. The second-order valence-electron chi connectivity index (χ2n) is 6.39. The lowest BCUT2D eigenvalue weighted by Gasteiger charge is -2.13. The molecule has 2 aromatic carbocycles. The van der Waals surface area contributed by atoms with Crippen LogP contribution in [0.15, 0.2) is 41.3 Å². The first-order valence-electron chi connectivity index (χ1n) is 9.41. The van der Waals surface area contributed by atoms with E-state index in [4.69, 9.17) is 21.1 Å². The molecule has 162 valence electrons. The first-order chi connectivity index (χ1) is 14.8. The van der Waals surface area contributed by atoms with Crippen molar-refractivity contribution in [2.45, 2.75) is 20.4 Å². The van der Waals surface area contributed by atoms with Crippen molar-refractivity contribution in [3.63, 3.8) is 0 Å². The number of non-ortho nitro benzene ring substituents is 1. The SMILES string of the molecule is CCOc1cc(C=C2SC(=O)N(Cc3cccc([N+](=O)[O-])c3)C2=O)cc(Cl)c1OCC. The van der Waals surface area contributed by atoms with Gasteiger partial charge in [0.1, 0.15) is 0 Å². The van der Waals surface area contributed by atoms with E-state index in [0.29, 0.717) is 40.9 Å². The Balaban J connectivity index is 1.86. The summed E-state index contributed by atoms with van der Waals surface area (Å²) in [5.74, 6) is 0.380. The van der Waals surface area contributed by atoms with E-state index in [1.807, 2.05) is 13.8 Å². The highest BCUT2D eigenvalue weighted by molar-refractivity contribution is 8.18. The van der Waals surface area contributed by atoms with E-state index < -0.39 is 16.1 Å². The first-order valence-corrected chi connectivity index (χ1v) is 10.6. The van der Waals surface area contributed by atoms with E-state index in [2.05, 4.69) is 0 Å². The molecule has 1 aliphatic rings. The summed E-state index contributed by atoms with van der Waals surface area (Å²) in [5.41, 5.74) is 0.964. The van der Waals surface area contributed by atoms with Crippen LogP contribution in [0, 0.1) is 10.1 Å². The number of thioether (sulfide) groups is 1. The topological polar surface area (TPSA) is 99.0 Å². The van der Waals surface area contributed by atoms with E-state index in [0.717, 1.165) is 16.7 Å². The molecule has 0 saturated carbocycles. The molecular weight excluding hydrogens is 444 g/mol. The summed E-state index contributed by atoms with van der Waals surface area (Å²) in [6.45, 7) is 4.42. The predicted molar refractivity (Wildman–Crippen MR) is 118 cm³/mol. The van der Waals surface area contributed by atoms with Gasteiger partial charge in [-0.15, -0.1) is 0 Å². The monoisotopic (exact) mass is 462 g/mol. The quantitative estimate of drug-likeness (QED) is 0.299. The van der Waals surface area contributed by atoms with Gasteiger partial charge < -0.3 is 9.47 Å². The molecular formula is C21H19ClN2O6S. The molecule has 10 heteroatoms. The number of amides is 2. The van der Waals surface area contributed by atoms with E-state index in [-0.39, 0.29) is 17.1 Å². The normalized spacial score (nSPS) is 14.9. The zero-order chi connectivity index (χ0) is 22.5. The number of imide groups is 1. The molecule has 0 radical (unpaired) electrons. The van der Waals surface area contributed by atoms with Crippen molar-refractivity contribution in [2.24, 2.45) is 0 Å². The smallest absolute Gasteiger partial charge is 0.293 e. The molecule has 1 aliphatic heterocycles. The summed E-state index contributed by atoms with van der Waals surface area (Å²) in [7, 11) is 0. The van der Waals surface area contributed by atoms with Crippen molar-refractivity contribution in [3.8, 4) is 11.5 Å². The van der Waals surface area contributed by atoms with Crippen molar-refractivity contribution in [1.29, 1.82) is 0 Å². The lowest BCUT2D eigenvalue weighted by atomic mass is 10.1. The lowest BCUT2D eigenvalue weighted by molar-refractivity contribution is -0.384. The molecule has 0 spiro atoms. The van der Waals surface area contributed by atoms with Crippen LogP contribution in [0.3, 0.4) is 0 Å². The molecule has 2 aromatic rings. The molecule has 0 atom stereocenters. The molecule has 0 aliphatic carbocycles. The fraction of sp³-hybridized carbons (Fsp3) is 0.238. The summed E-state index contributed by atoms with van der Waals surface area (Å²) >= 11 is 7.11. The van der Waals surface area contributed by atoms with Crippen LogP contribution in [-0.4, -0.2) is 34.2 Å². The van der Waals surface area contributed by atoms with E-state index in [1.54, 1.807) is 24.3 Å². The van der Waals surface area contributed by atoms with Gasteiger partial charge in [-0.25, -0.2) is 0 Å². The highest BCUT2D eigenvalue weighted by Gasteiger charge is 2.35. The second kappa shape index (κ2) is 9.84. The van der Waals surface area contributed by atoms with Gasteiger partial charge in [0.15, 0.2) is 11.5 Å². The first kappa shape index (κ1) is 22.6.